The lowest BCUT2D eigenvalue weighted by molar-refractivity contribution is -0.118. The Morgan fingerprint density at radius 3 is 2.79 bits per heavy atom. The summed E-state index contributed by atoms with van der Waals surface area (Å²) in [4.78, 5) is 22.1. The number of carbonyl (C=O) groups is 2. The number of anilines is 2. The van der Waals surface area contributed by atoms with Crippen LogP contribution in [0.15, 0.2) is 23.1 Å². The molecule has 2 rings (SSSR count). The normalized spacial score (nSPS) is 18.1. The van der Waals surface area contributed by atoms with Gasteiger partial charge in [0.15, 0.2) is 9.84 Å². The maximum absolute atomic E-state index is 12.5. The van der Waals surface area contributed by atoms with Crippen molar-refractivity contribution in [3.8, 4) is 0 Å². The van der Waals surface area contributed by atoms with Crippen molar-refractivity contribution in [2.24, 2.45) is 0 Å². The third-order valence-electron chi connectivity index (χ3n) is 2.38. The first kappa shape index (κ1) is 13.8. The summed E-state index contributed by atoms with van der Waals surface area (Å²) in [5.41, 5.74) is -2.03. The van der Waals surface area contributed by atoms with E-state index in [1.54, 1.807) is 0 Å². The number of benzene rings is 1. The number of sulfone groups is 1. The number of halogens is 2. The van der Waals surface area contributed by atoms with E-state index in [0.29, 0.717) is 0 Å². The quantitative estimate of drug-likeness (QED) is 0.794. The smallest absolute Gasteiger partial charge is 0.274 e. The van der Waals surface area contributed by atoms with Crippen LogP contribution in [0.25, 0.3) is 0 Å². The molecular formula is C10H8ClFN2O4S. The number of carbonyl (C=O) groups excluding carboxylic acids is 2. The van der Waals surface area contributed by atoms with Gasteiger partial charge in [0.1, 0.15) is 5.75 Å². The van der Waals surface area contributed by atoms with Gasteiger partial charge in [0.25, 0.3) is 11.5 Å². The Morgan fingerprint density at radius 1 is 1.47 bits per heavy atom. The van der Waals surface area contributed by atoms with Crippen LogP contribution in [0.3, 0.4) is 0 Å². The zero-order chi connectivity index (χ0) is 14.2. The van der Waals surface area contributed by atoms with Crippen LogP contribution in [0.5, 0.6) is 0 Å². The maximum Gasteiger partial charge on any atom is 0.274 e. The molecule has 0 saturated carbocycles. The molecule has 1 aromatic carbocycles. The largest absolute Gasteiger partial charge is 0.324 e. The number of alkyl halides is 2. The number of rotatable bonds is 2. The molecule has 0 radical (unpaired) electrons. The fourth-order valence-corrected chi connectivity index (χ4v) is 2.98. The molecule has 2 N–H and O–H groups in total. The molecule has 1 aromatic rings. The highest BCUT2D eigenvalue weighted by molar-refractivity contribution is 7.92. The molecule has 19 heavy (non-hydrogen) atoms. The van der Waals surface area contributed by atoms with Gasteiger partial charge in [-0.05, 0) is 18.2 Å². The summed E-state index contributed by atoms with van der Waals surface area (Å²) in [5, 5.41) is 4.51. The fraction of sp³-hybridized carbons (Fsp3) is 0.200. The van der Waals surface area contributed by atoms with Crippen molar-refractivity contribution in [1.29, 1.82) is 0 Å². The second kappa shape index (κ2) is 4.78. The second-order valence-electron chi connectivity index (χ2n) is 3.81. The van der Waals surface area contributed by atoms with Crippen LogP contribution < -0.4 is 10.6 Å². The number of fused-ring (bicyclic) bond motifs is 1. The van der Waals surface area contributed by atoms with Crippen LogP contribution >= 0.6 is 11.6 Å². The summed E-state index contributed by atoms with van der Waals surface area (Å²) in [6.07, 6.45) is 0. The van der Waals surface area contributed by atoms with E-state index in [0.717, 1.165) is 6.07 Å². The van der Waals surface area contributed by atoms with Crippen LogP contribution in [0, 0.1) is 0 Å². The first-order chi connectivity index (χ1) is 8.79. The van der Waals surface area contributed by atoms with Crippen LogP contribution in [-0.2, 0) is 19.4 Å². The third-order valence-corrected chi connectivity index (χ3v) is 4.23. The molecule has 6 nitrogen and oxygen atoms in total. The Kier molecular flexibility index (Phi) is 3.46. The molecule has 1 aliphatic rings. The third kappa shape index (κ3) is 2.85. The SMILES string of the molecule is O=C1CS(=O)(=O)c2cc(NC(=O)C(F)Cl)ccc2N1. The number of hydrogen-bond acceptors (Lipinski definition) is 4. The predicted molar refractivity (Wildman–Crippen MR) is 66.5 cm³/mol. The van der Waals surface area contributed by atoms with Crippen molar-refractivity contribution < 1.29 is 22.4 Å². The lowest BCUT2D eigenvalue weighted by Gasteiger charge is -2.18. The zero-order valence-corrected chi connectivity index (χ0v) is 10.9. The van der Waals surface area contributed by atoms with Gasteiger partial charge in [0.05, 0.1) is 10.6 Å². The average molecular weight is 307 g/mol. The summed E-state index contributed by atoms with van der Waals surface area (Å²) >= 11 is 4.94. The molecule has 0 bridgehead atoms. The van der Waals surface area contributed by atoms with E-state index < -0.39 is 33.0 Å². The Hall–Kier alpha value is -1.67. The predicted octanol–water partition coefficient (Wildman–Crippen LogP) is 0.885. The van der Waals surface area contributed by atoms with Crippen molar-refractivity contribution >= 4 is 44.6 Å². The number of hydrogen-bond donors (Lipinski definition) is 2. The Balaban J connectivity index is 2.39. The summed E-state index contributed by atoms with van der Waals surface area (Å²) in [5.74, 6) is -2.40. The highest BCUT2D eigenvalue weighted by atomic mass is 35.5. The first-order valence-electron chi connectivity index (χ1n) is 5.05. The minimum absolute atomic E-state index is 0.0757. The average Bonchev–Trinajstić information content (AvgIpc) is 2.28. The molecule has 1 aliphatic heterocycles. The fourth-order valence-electron chi connectivity index (χ4n) is 1.59. The molecule has 1 atom stereocenters. The van der Waals surface area contributed by atoms with E-state index in [4.69, 9.17) is 11.6 Å². The van der Waals surface area contributed by atoms with Gasteiger partial charge in [-0.15, -0.1) is 0 Å². The Morgan fingerprint density at radius 2 is 2.16 bits per heavy atom. The monoisotopic (exact) mass is 306 g/mol. The standard InChI is InChI=1S/C10H8ClFN2O4S/c11-9(12)10(16)13-5-1-2-6-7(3-5)19(17,18)4-8(15)14-6/h1-3,9H,4H2,(H,13,16)(H,14,15). The molecule has 0 saturated heterocycles. The maximum atomic E-state index is 12.5. The van der Waals surface area contributed by atoms with Crippen molar-refractivity contribution in [2.75, 3.05) is 16.4 Å². The molecule has 0 aliphatic carbocycles. The molecule has 0 spiro atoms. The van der Waals surface area contributed by atoms with Crippen molar-refractivity contribution in [3.05, 3.63) is 18.2 Å². The van der Waals surface area contributed by atoms with Gasteiger partial charge in [-0.25, -0.2) is 12.8 Å². The summed E-state index contributed by atoms with van der Waals surface area (Å²) in [6.45, 7) is 0. The molecule has 0 fully saturated rings. The Labute approximate surface area is 112 Å². The van der Waals surface area contributed by atoms with Gasteiger partial charge in [0.2, 0.25) is 5.91 Å². The van der Waals surface area contributed by atoms with Crippen LogP contribution in [0.2, 0.25) is 0 Å². The van der Waals surface area contributed by atoms with Crippen molar-refractivity contribution in [1.82, 2.24) is 0 Å². The molecule has 1 heterocycles. The van der Waals surface area contributed by atoms with Crippen molar-refractivity contribution in [2.45, 2.75) is 10.5 Å². The van der Waals surface area contributed by atoms with Gasteiger partial charge in [0, 0.05) is 5.69 Å². The molecule has 1 unspecified atom stereocenters. The zero-order valence-electron chi connectivity index (χ0n) is 9.31. The van der Waals surface area contributed by atoms with E-state index in [1.165, 1.54) is 12.1 Å². The van der Waals surface area contributed by atoms with E-state index in [9.17, 15) is 22.4 Å². The minimum Gasteiger partial charge on any atom is -0.324 e. The Bertz CT molecular complexity index is 659. The van der Waals surface area contributed by atoms with E-state index in [-0.39, 0.29) is 16.3 Å². The van der Waals surface area contributed by atoms with E-state index in [1.807, 2.05) is 0 Å². The lowest BCUT2D eigenvalue weighted by Crippen LogP contribution is -2.29. The van der Waals surface area contributed by atoms with Gasteiger partial charge in [-0.3, -0.25) is 9.59 Å². The lowest BCUT2D eigenvalue weighted by atomic mass is 10.2. The van der Waals surface area contributed by atoms with Crippen LogP contribution in [-0.4, -0.2) is 31.6 Å². The number of amides is 2. The topological polar surface area (TPSA) is 92.3 Å². The molecule has 0 aromatic heterocycles. The molecular weight excluding hydrogens is 299 g/mol. The van der Waals surface area contributed by atoms with Crippen LogP contribution in [0.1, 0.15) is 0 Å². The molecule has 102 valence electrons. The van der Waals surface area contributed by atoms with Crippen LogP contribution in [0.4, 0.5) is 15.8 Å². The first-order valence-corrected chi connectivity index (χ1v) is 7.14. The minimum atomic E-state index is -3.76. The summed E-state index contributed by atoms with van der Waals surface area (Å²) in [7, 11) is -3.76. The second-order valence-corrected chi connectivity index (χ2v) is 6.15. The van der Waals surface area contributed by atoms with Gasteiger partial charge in [-0.1, -0.05) is 11.6 Å². The summed E-state index contributed by atoms with van der Waals surface area (Å²) in [6, 6.07) is 3.78. The molecule has 2 amide bonds. The van der Waals surface area contributed by atoms with Gasteiger partial charge >= 0.3 is 0 Å². The highest BCUT2D eigenvalue weighted by Crippen LogP contribution is 2.29. The van der Waals surface area contributed by atoms with Gasteiger partial charge in [-0.2, -0.15) is 0 Å². The van der Waals surface area contributed by atoms with E-state index in [2.05, 4.69) is 10.6 Å². The summed E-state index contributed by atoms with van der Waals surface area (Å²) < 4.78 is 36.1. The molecule has 9 heteroatoms. The van der Waals surface area contributed by atoms with Gasteiger partial charge < -0.3 is 10.6 Å². The van der Waals surface area contributed by atoms with Crippen molar-refractivity contribution in [3.63, 3.8) is 0 Å². The van der Waals surface area contributed by atoms with E-state index >= 15 is 0 Å². The highest BCUT2D eigenvalue weighted by Gasteiger charge is 2.29. The number of nitrogens with one attached hydrogen (secondary N) is 2.